The van der Waals surface area contributed by atoms with Crippen molar-refractivity contribution in [2.75, 3.05) is 0 Å². The van der Waals surface area contributed by atoms with E-state index in [-0.39, 0.29) is 0 Å². The first kappa shape index (κ1) is 8.38. The van der Waals surface area contributed by atoms with Gasteiger partial charge >= 0.3 is 0 Å². The predicted octanol–water partition coefficient (Wildman–Crippen LogP) is 2.50. The molecule has 0 bridgehead atoms. The van der Waals surface area contributed by atoms with Gasteiger partial charge in [0.25, 0.3) is 0 Å². The summed E-state index contributed by atoms with van der Waals surface area (Å²) in [6.45, 7) is 0. The Hall–Kier alpha value is -1.22. The fourth-order valence-corrected chi connectivity index (χ4v) is 1.78. The van der Waals surface area contributed by atoms with Gasteiger partial charge in [-0.25, -0.2) is 4.98 Å². The highest BCUT2D eigenvalue weighted by Gasteiger charge is 1.96. The molecule has 0 aliphatic carbocycles. The van der Waals surface area contributed by atoms with E-state index in [1.165, 1.54) is 5.56 Å². The molecule has 13 heavy (non-hydrogen) atoms. The maximum atomic E-state index is 4.01. The maximum absolute atomic E-state index is 4.01. The quantitative estimate of drug-likeness (QED) is 0.751. The lowest BCUT2D eigenvalue weighted by atomic mass is 10.2. The molecule has 0 unspecified atom stereocenters. The van der Waals surface area contributed by atoms with E-state index >= 15 is 0 Å². The van der Waals surface area contributed by atoms with Gasteiger partial charge in [-0.1, -0.05) is 30.3 Å². The van der Waals surface area contributed by atoms with Crippen LogP contribution in [0.15, 0.2) is 41.6 Å². The van der Waals surface area contributed by atoms with Gasteiger partial charge in [0.1, 0.15) is 5.03 Å². The highest BCUT2D eigenvalue weighted by atomic mass is 32.2. The molecule has 1 aromatic carbocycles. The van der Waals surface area contributed by atoms with Crippen molar-refractivity contribution in [1.82, 2.24) is 9.97 Å². The van der Waals surface area contributed by atoms with Crippen molar-refractivity contribution in [2.24, 2.45) is 0 Å². The SMILES string of the molecule is [c]1nc(SCc2ccccc2)c[nH]1. The van der Waals surface area contributed by atoms with E-state index in [1.807, 2.05) is 24.4 Å². The number of nitrogens with one attached hydrogen (secondary N) is 1. The lowest BCUT2D eigenvalue weighted by Crippen LogP contribution is -1.78. The minimum Gasteiger partial charge on any atom is -0.341 e. The van der Waals surface area contributed by atoms with Crippen LogP contribution in [0.2, 0.25) is 0 Å². The zero-order valence-corrected chi connectivity index (χ0v) is 7.84. The van der Waals surface area contributed by atoms with Crippen molar-refractivity contribution in [3.8, 4) is 0 Å². The topological polar surface area (TPSA) is 28.7 Å². The molecule has 1 aromatic heterocycles. The molecule has 0 spiro atoms. The normalized spacial score (nSPS) is 10.2. The molecule has 1 radical (unpaired) electrons. The van der Waals surface area contributed by atoms with Gasteiger partial charge in [-0.2, -0.15) is 0 Å². The summed E-state index contributed by atoms with van der Waals surface area (Å²) in [7, 11) is 0. The van der Waals surface area contributed by atoms with Crippen molar-refractivity contribution in [3.63, 3.8) is 0 Å². The first-order valence-corrected chi connectivity index (χ1v) is 5.02. The molecule has 0 saturated carbocycles. The number of hydrogen-bond donors (Lipinski definition) is 1. The predicted molar refractivity (Wildman–Crippen MR) is 53.4 cm³/mol. The molecule has 0 fully saturated rings. The number of hydrogen-bond acceptors (Lipinski definition) is 2. The number of thioether (sulfide) groups is 1. The van der Waals surface area contributed by atoms with Crippen molar-refractivity contribution < 1.29 is 0 Å². The molecule has 2 rings (SSSR count). The smallest absolute Gasteiger partial charge is 0.174 e. The molecular weight excluding hydrogens is 180 g/mol. The van der Waals surface area contributed by atoms with Crippen LogP contribution in [0, 0.1) is 6.33 Å². The monoisotopic (exact) mass is 189 g/mol. The minimum absolute atomic E-state index is 0.958. The fourth-order valence-electron chi connectivity index (χ4n) is 1.02. The van der Waals surface area contributed by atoms with E-state index in [1.54, 1.807) is 11.8 Å². The van der Waals surface area contributed by atoms with Crippen LogP contribution in [0.3, 0.4) is 0 Å². The summed E-state index contributed by atoms with van der Waals surface area (Å²) in [5.74, 6) is 0.958. The average molecular weight is 189 g/mol. The van der Waals surface area contributed by atoms with E-state index in [9.17, 15) is 0 Å². The maximum Gasteiger partial charge on any atom is 0.174 e. The van der Waals surface area contributed by atoms with Gasteiger partial charge in [-0.3, -0.25) is 0 Å². The van der Waals surface area contributed by atoms with E-state index in [0.29, 0.717) is 0 Å². The van der Waals surface area contributed by atoms with Crippen LogP contribution < -0.4 is 0 Å². The van der Waals surface area contributed by atoms with Crippen LogP contribution >= 0.6 is 11.8 Å². The zero-order chi connectivity index (χ0) is 8.93. The number of benzene rings is 1. The Morgan fingerprint density at radius 1 is 1.31 bits per heavy atom. The van der Waals surface area contributed by atoms with Crippen LogP contribution in [-0.4, -0.2) is 9.97 Å². The first-order valence-electron chi connectivity index (χ1n) is 4.03. The van der Waals surface area contributed by atoms with Crippen molar-refractivity contribution in [3.05, 3.63) is 48.4 Å². The number of nitrogens with zero attached hydrogens (tertiary/aromatic N) is 1. The Bertz CT molecular complexity index is 342. The number of aromatic amines is 1. The molecule has 0 aliphatic heterocycles. The van der Waals surface area contributed by atoms with Gasteiger partial charge in [0.05, 0.1) is 0 Å². The second-order valence-electron chi connectivity index (χ2n) is 2.62. The highest BCUT2D eigenvalue weighted by Crippen LogP contribution is 2.19. The second-order valence-corrected chi connectivity index (χ2v) is 3.62. The number of aromatic nitrogens is 2. The van der Waals surface area contributed by atoms with Gasteiger partial charge in [-0.05, 0) is 5.56 Å². The summed E-state index contributed by atoms with van der Waals surface area (Å²) in [6, 6.07) is 10.3. The van der Waals surface area contributed by atoms with Gasteiger partial charge < -0.3 is 4.98 Å². The average Bonchev–Trinajstić information content (AvgIpc) is 2.69. The molecule has 65 valence electrons. The Morgan fingerprint density at radius 2 is 2.15 bits per heavy atom. The Morgan fingerprint density at radius 3 is 2.85 bits per heavy atom. The van der Waals surface area contributed by atoms with Crippen LogP contribution in [0.5, 0.6) is 0 Å². The summed E-state index contributed by atoms with van der Waals surface area (Å²) in [6.07, 6.45) is 4.52. The largest absolute Gasteiger partial charge is 0.341 e. The molecule has 0 saturated heterocycles. The summed E-state index contributed by atoms with van der Waals surface area (Å²) in [4.78, 5) is 6.82. The fraction of sp³-hybridized carbons (Fsp3) is 0.100. The number of H-pyrrole nitrogens is 1. The summed E-state index contributed by atoms with van der Waals surface area (Å²) in [5, 5.41) is 0.990. The zero-order valence-electron chi connectivity index (χ0n) is 7.03. The molecule has 2 nitrogen and oxygen atoms in total. The Kier molecular flexibility index (Phi) is 2.67. The van der Waals surface area contributed by atoms with Gasteiger partial charge in [-0.15, -0.1) is 11.8 Å². The minimum atomic E-state index is 0.958. The second kappa shape index (κ2) is 4.14. The number of rotatable bonds is 3. The Balaban J connectivity index is 1.94. The van der Waals surface area contributed by atoms with Gasteiger partial charge in [0.2, 0.25) is 0 Å². The lowest BCUT2D eigenvalue weighted by molar-refractivity contribution is 1.18. The van der Waals surface area contributed by atoms with E-state index in [0.717, 1.165) is 10.8 Å². The molecular formula is C10H9N2S. The van der Waals surface area contributed by atoms with Crippen molar-refractivity contribution >= 4 is 11.8 Å². The highest BCUT2D eigenvalue weighted by molar-refractivity contribution is 7.98. The third-order valence-corrected chi connectivity index (χ3v) is 2.64. The molecule has 1 N–H and O–H groups in total. The molecule has 2 aromatic rings. The summed E-state index contributed by atoms with van der Waals surface area (Å²) >= 11 is 1.71. The number of imidazole rings is 1. The van der Waals surface area contributed by atoms with Gasteiger partial charge in [0, 0.05) is 11.9 Å². The standard InChI is InChI=1S/C10H9N2S/c1-2-4-9(5-3-1)7-13-10-6-11-8-12-10/h1-6H,7H2,(H,11,12). The van der Waals surface area contributed by atoms with Crippen molar-refractivity contribution in [2.45, 2.75) is 10.8 Å². The molecule has 0 amide bonds. The van der Waals surface area contributed by atoms with Crippen LogP contribution in [0.4, 0.5) is 0 Å². The van der Waals surface area contributed by atoms with E-state index in [4.69, 9.17) is 0 Å². The molecule has 1 heterocycles. The third-order valence-electron chi connectivity index (χ3n) is 1.66. The van der Waals surface area contributed by atoms with Gasteiger partial charge in [0.15, 0.2) is 6.33 Å². The molecule has 0 atom stereocenters. The Labute approximate surface area is 81.4 Å². The van der Waals surface area contributed by atoms with Crippen LogP contribution in [0.25, 0.3) is 0 Å². The van der Waals surface area contributed by atoms with Crippen molar-refractivity contribution in [1.29, 1.82) is 0 Å². The third kappa shape index (κ3) is 2.36. The first-order chi connectivity index (χ1) is 6.45. The van der Waals surface area contributed by atoms with E-state index in [2.05, 4.69) is 28.4 Å². The van der Waals surface area contributed by atoms with E-state index < -0.39 is 0 Å². The van der Waals surface area contributed by atoms with Crippen LogP contribution in [-0.2, 0) is 5.75 Å². The lowest BCUT2D eigenvalue weighted by Gasteiger charge is -1.97. The molecule has 0 aliphatic rings. The molecule has 3 heteroatoms. The van der Waals surface area contributed by atoms with Crippen LogP contribution in [0.1, 0.15) is 5.56 Å². The summed E-state index contributed by atoms with van der Waals surface area (Å²) < 4.78 is 0. The summed E-state index contributed by atoms with van der Waals surface area (Å²) in [5.41, 5.74) is 1.32.